The number of fused-ring (bicyclic) bond motifs is 1. The van der Waals surface area contributed by atoms with Gasteiger partial charge in [-0.15, -0.1) is 0 Å². The third kappa shape index (κ3) is 3.04. The summed E-state index contributed by atoms with van der Waals surface area (Å²) in [5, 5.41) is 5.82. The molecule has 3 aromatic rings. The van der Waals surface area contributed by atoms with Gasteiger partial charge in [-0.1, -0.05) is 29.8 Å². The molecule has 5 nitrogen and oxygen atoms in total. The monoisotopic (exact) mass is 345 g/mol. The number of rotatable bonds is 3. The van der Waals surface area contributed by atoms with Crippen molar-refractivity contribution in [1.29, 1.82) is 0 Å². The molecule has 120 valence electrons. The predicted octanol–water partition coefficient (Wildman–Crippen LogP) is 3.56. The molecule has 2 aromatic heterocycles. The van der Waals surface area contributed by atoms with E-state index in [0.717, 1.165) is 10.8 Å². The maximum Gasteiger partial charge on any atom is 0.405 e. The summed E-state index contributed by atoms with van der Waals surface area (Å²) in [6, 6.07) is 5.55. The molecule has 0 aliphatic rings. The van der Waals surface area contributed by atoms with Crippen molar-refractivity contribution in [2.75, 3.05) is 11.9 Å². The van der Waals surface area contributed by atoms with E-state index in [1.165, 1.54) is 24.3 Å². The summed E-state index contributed by atoms with van der Waals surface area (Å²) < 4.78 is 52.7. The van der Waals surface area contributed by atoms with Crippen molar-refractivity contribution < 1.29 is 17.6 Å². The number of alkyl halides is 3. The number of aromatic nitrogens is 4. The molecule has 0 unspecified atom stereocenters. The van der Waals surface area contributed by atoms with E-state index in [9.17, 15) is 17.6 Å². The zero-order valence-electron chi connectivity index (χ0n) is 11.3. The highest BCUT2D eigenvalue weighted by Gasteiger charge is 2.29. The average molecular weight is 346 g/mol. The Morgan fingerprint density at radius 1 is 1.22 bits per heavy atom. The minimum Gasteiger partial charge on any atom is -0.360 e. The standard InChI is InChI=1S/C13H8ClF4N5/c14-10-9(7-3-1-2-4-8(7)15)11(19-5-13(16,17)18)23-12(22-10)20-6-21-23/h1-4,6,19H,5H2. The first kappa shape index (κ1) is 15.5. The first-order valence-electron chi connectivity index (χ1n) is 6.31. The van der Waals surface area contributed by atoms with Crippen molar-refractivity contribution in [3.8, 4) is 11.1 Å². The minimum atomic E-state index is -4.48. The molecule has 0 bridgehead atoms. The molecule has 0 fully saturated rings. The highest BCUT2D eigenvalue weighted by molar-refractivity contribution is 6.33. The van der Waals surface area contributed by atoms with Gasteiger partial charge in [0.1, 0.15) is 29.7 Å². The highest BCUT2D eigenvalue weighted by atomic mass is 35.5. The van der Waals surface area contributed by atoms with Crippen LogP contribution in [0.25, 0.3) is 16.9 Å². The van der Waals surface area contributed by atoms with E-state index in [2.05, 4.69) is 20.4 Å². The quantitative estimate of drug-likeness (QED) is 0.582. The number of nitrogens with one attached hydrogen (secondary N) is 1. The Morgan fingerprint density at radius 2 is 1.96 bits per heavy atom. The fraction of sp³-hybridized carbons (Fsp3) is 0.154. The van der Waals surface area contributed by atoms with E-state index in [4.69, 9.17) is 11.6 Å². The zero-order chi connectivity index (χ0) is 16.6. The fourth-order valence-electron chi connectivity index (χ4n) is 2.07. The largest absolute Gasteiger partial charge is 0.405 e. The van der Waals surface area contributed by atoms with Gasteiger partial charge in [-0.2, -0.15) is 32.8 Å². The second-order valence-corrected chi connectivity index (χ2v) is 4.90. The molecule has 0 spiro atoms. The summed E-state index contributed by atoms with van der Waals surface area (Å²) in [6.07, 6.45) is -3.36. The van der Waals surface area contributed by atoms with Crippen LogP contribution in [0.1, 0.15) is 0 Å². The SMILES string of the molecule is Fc1ccccc1-c1c(Cl)nc2ncnn2c1NCC(F)(F)F. The molecule has 0 saturated carbocycles. The Labute approximate surface area is 131 Å². The molecule has 3 rings (SSSR count). The Balaban J connectivity index is 2.23. The summed E-state index contributed by atoms with van der Waals surface area (Å²) in [7, 11) is 0. The van der Waals surface area contributed by atoms with Gasteiger partial charge in [-0.05, 0) is 6.07 Å². The van der Waals surface area contributed by atoms with Crippen LogP contribution in [0.2, 0.25) is 5.15 Å². The van der Waals surface area contributed by atoms with Gasteiger partial charge in [0.05, 0.1) is 5.56 Å². The van der Waals surface area contributed by atoms with Crippen molar-refractivity contribution in [3.63, 3.8) is 0 Å². The lowest BCUT2D eigenvalue weighted by Gasteiger charge is -2.16. The second kappa shape index (κ2) is 5.65. The molecule has 0 aliphatic heterocycles. The molecule has 10 heteroatoms. The van der Waals surface area contributed by atoms with Gasteiger partial charge in [-0.3, -0.25) is 0 Å². The van der Waals surface area contributed by atoms with Gasteiger partial charge < -0.3 is 5.32 Å². The molecule has 0 saturated heterocycles. The molecule has 0 radical (unpaired) electrons. The molecular formula is C13H8ClF4N5. The third-order valence-corrected chi connectivity index (χ3v) is 3.26. The molecule has 1 aromatic carbocycles. The van der Waals surface area contributed by atoms with Crippen molar-refractivity contribution in [2.45, 2.75) is 6.18 Å². The van der Waals surface area contributed by atoms with Crippen LogP contribution in [0.4, 0.5) is 23.4 Å². The van der Waals surface area contributed by atoms with Crippen molar-refractivity contribution >= 4 is 23.2 Å². The van der Waals surface area contributed by atoms with Gasteiger partial charge in [0.15, 0.2) is 0 Å². The molecule has 0 aliphatic carbocycles. The molecular weight excluding hydrogens is 338 g/mol. The van der Waals surface area contributed by atoms with E-state index in [-0.39, 0.29) is 27.9 Å². The van der Waals surface area contributed by atoms with E-state index in [0.29, 0.717) is 0 Å². The topological polar surface area (TPSA) is 55.1 Å². The first-order valence-corrected chi connectivity index (χ1v) is 6.69. The maximum absolute atomic E-state index is 14.1. The number of benzene rings is 1. The smallest absolute Gasteiger partial charge is 0.360 e. The maximum atomic E-state index is 14.1. The van der Waals surface area contributed by atoms with Gasteiger partial charge in [-0.25, -0.2) is 4.39 Å². The van der Waals surface area contributed by atoms with E-state index < -0.39 is 18.5 Å². The molecule has 0 amide bonds. The Hall–Kier alpha value is -2.42. The molecule has 0 atom stereocenters. The summed E-state index contributed by atoms with van der Waals surface area (Å²) in [5.74, 6) is -0.787. The summed E-state index contributed by atoms with van der Waals surface area (Å²) >= 11 is 6.04. The van der Waals surface area contributed by atoms with Gasteiger partial charge in [0.25, 0.3) is 5.78 Å². The summed E-state index contributed by atoms with van der Waals surface area (Å²) in [5.41, 5.74) is -0.0147. The van der Waals surface area contributed by atoms with Crippen molar-refractivity contribution in [3.05, 3.63) is 41.6 Å². The Morgan fingerprint density at radius 3 is 2.65 bits per heavy atom. The predicted molar refractivity (Wildman–Crippen MR) is 75.7 cm³/mol. The summed E-state index contributed by atoms with van der Waals surface area (Å²) in [4.78, 5) is 7.71. The fourth-order valence-corrected chi connectivity index (χ4v) is 2.33. The number of halogens is 5. The average Bonchev–Trinajstić information content (AvgIpc) is 2.92. The normalized spacial score (nSPS) is 11.9. The lowest BCUT2D eigenvalue weighted by Crippen LogP contribution is -2.23. The highest BCUT2D eigenvalue weighted by Crippen LogP contribution is 2.35. The van der Waals surface area contributed by atoms with E-state index in [1.807, 2.05) is 0 Å². The molecule has 23 heavy (non-hydrogen) atoms. The first-order chi connectivity index (χ1) is 10.9. The third-order valence-electron chi connectivity index (χ3n) is 2.98. The van der Waals surface area contributed by atoms with E-state index in [1.54, 1.807) is 0 Å². The number of nitrogens with zero attached hydrogens (tertiary/aromatic N) is 4. The van der Waals surface area contributed by atoms with Crippen molar-refractivity contribution in [2.24, 2.45) is 0 Å². The lowest BCUT2D eigenvalue weighted by atomic mass is 10.1. The van der Waals surface area contributed by atoms with Crippen LogP contribution in [-0.2, 0) is 0 Å². The van der Waals surface area contributed by atoms with Gasteiger partial charge in [0.2, 0.25) is 0 Å². The van der Waals surface area contributed by atoms with Crippen LogP contribution in [-0.4, -0.2) is 32.3 Å². The number of anilines is 1. The number of hydrogen-bond acceptors (Lipinski definition) is 4. The lowest BCUT2D eigenvalue weighted by molar-refractivity contribution is -0.115. The van der Waals surface area contributed by atoms with Crippen LogP contribution >= 0.6 is 11.6 Å². The Kier molecular flexibility index (Phi) is 3.80. The van der Waals surface area contributed by atoms with Crippen LogP contribution in [0.5, 0.6) is 0 Å². The number of hydrogen-bond donors (Lipinski definition) is 1. The van der Waals surface area contributed by atoms with E-state index >= 15 is 0 Å². The molecule has 2 heterocycles. The van der Waals surface area contributed by atoms with Crippen molar-refractivity contribution in [1.82, 2.24) is 19.6 Å². The summed E-state index contributed by atoms with van der Waals surface area (Å²) in [6.45, 7) is -1.34. The van der Waals surface area contributed by atoms with Gasteiger partial charge in [0, 0.05) is 5.56 Å². The van der Waals surface area contributed by atoms with Crippen LogP contribution < -0.4 is 5.32 Å². The van der Waals surface area contributed by atoms with Gasteiger partial charge >= 0.3 is 6.18 Å². The Bertz CT molecular complexity index is 861. The van der Waals surface area contributed by atoms with Crippen LogP contribution in [0, 0.1) is 5.82 Å². The molecule has 1 N–H and O–H groups in total. The minimum absolute atomic E-state index is 0.000219. The van der Waals surface area contributed by atoms with Crippen LogP contribution in [0.3, 0.4) is 0 Å². The second-order valence-electron chi connectivity index (χ2n) is 4.55. The zero-order valence-corrected chi connectivity index (χ0v) is 12.0. The van der Waals surface area contributed by atoms with Crippen LogP contribution in [0.15, 0.2) is 30.6 Å².